The van der Waals surface area contributed by atoms with Crippen molar-refractivity contribution in [2.45, 2.75) is 0 Å². The molecule has 1 aliphatic rings. The van der Waals surface area contributed by atoms with E-state index in [4.69, 9.17) is 5.11 Å². The molecule has 0 bridgehead atoms. The van der Waals surface area contributed by atoms with Gasteiger partial charge in [-0.2, -0.15) is 0 Å². The third kappa shape index (κ3) is 4.42. The summed E-state index contributed by atoms with van der Waals surface area (Å²) < 4.78 is 0. The summed E-state index contributed by atoms with van der Waals surface area (Å²) in [5.74, 6) is -0.207. The second-order valence-corrected chi connectivity index (χ2v) is 5.09. The van der Waals surface area contributed by atoms with Gasteiger partial charge in [-0.25, -0.2) is 4.98 Å². The first-order chi connectivity index (χ1) is 10.1. The summed E-state index contributed by atoms with van der Waals surface area (Å²) in [5.41, 5.74) is 0. The van der Waals surface area contributed by atoms with Gasteiger partial charge in [-0.3, -0.25) is 14.5 Å². The Morgan fingerprint density at radius 2 is 2.00 bits per heavy atom. The fourth-order valence-electron chi connectivity index (χ4n) is 2.28. The molecule has 7 nitrogen and oxygen atoms in total. The van der Waals surface area contributed by atoms with Crippen LogP contribution < -0.4 is 4.90 Å². The number of aromatic nitrogens is 1. The first kappa shape index (κ1) is 15.2. The molecule has 1 aromatic rings. The highest BCUT2D eigenvalue weighted by Crippen LogP contribution is 2.12. The fourth-order valence-corrected chi connectivity index (χ4v) is 2.28. The van der Waals surface area contributed by atoms with Crippen molar-refractivity contribution in [2.75, 3.05) is 51.2 Å². The standard InChI is InChI=1S/C14H20N4O3/c1-16(11-14(20)21)13(19)10-17-6-8-18(9-7-17)12-4-2-3-5-15-12/h2-5H,6-11H2,1H3,(H,20,21). The first-order valence-electron chi connectivity index (χ1n) is 6.90. The number of pyridine rings is 1. The maximum Gasteiger partial charge on any atom is 0.323 e. The number of hydrogen-bond donors (Lipinski definition) is 1. The second-order valence-electron chi connectivity index (χ2n) is 5.09. The van der Waals surface area contributed by atoms with Crippen LogP contribution in [0.15, 0.2) is 24.4 Å². The molecule has 2 rings (SSSR count). The summed E-state index contributed by atoms with van der Waals surface area (Å²) >= 11 is 0. The molecule has 0 atom stereocenters. The lowest BCUT2D eigenvalue weighted by molar-refractivity contribution is -0.143. The summed E-state index contributed by atoms with van der Waals surface area (Å²) in [7, 11) is 1.51. The average Bonchev–Trinajstić information content (AvgIpc) is 2.48. The summed E-state index contributed by atoms with van der Waals surface area (Å²) in [6, 6.07) is 5.82. The minimum atomic E-state index is -0.995. The Hall–Kier alpha value is -2.15. The van der Waals surface area contributed by atoms with Gasteiger partial charge in [-0.15, -0.1) is 0 Å². The first-order valence-corrected chi connectivity index (χ1v) is 6.90. The summed E-state index contributed by atoms with van der Waals surface area (Å²) in [5, 5.41) is 8.68. The van der Waals surface area contributed by atoms with Crippen LogP contribution in [0.1, 0.15) is 0 Å². The fraction of sp³-hybridized carbons (Fsp3) is 0.500. The average molecular weight is 292 g/mol. The highest BCUT2D eigenvalue weighted by molar-refractivity contribution is 5.82. The number of amides is 1. The maximum atomic E-state index is 11.9. The lowest BCUT2D eigenvalue weighted by Crippen LogP contribution is -2.50. The van der Waals surface area contributed by atoms with Crippen molar-refractivity contribution in [1.82, 2.24) is 14.8 Å². The van der Waals surface area contributed by atoms with Crippen LogP contribution in [0.3, 0.4) is 0 Å². The topological polar surface area (TPSA) is 77.0 Å². The van der Waals surface area contributed by atoms with Gasteiger partial charge < -0.3 is 14.9 Å². The molecule has 114 valence electrons. The largest absolute Gasteiger partial charge is 0.480 e. The number of likely N-dealkylation sites (N-methyl/N-ethyl adjacent to an activating group) is 1. The van der Waals surface area contributed by atoms with Crippen LogP contribution in [0.2, 0.25) is 0 Å². The molecule has 7 heteroatoms. The highest BCUT2D eigenvalue weighted by atomic mass is 16.4. The predicted molar refractivity (Wildman–Crippen MR) is 78.2 cm³/mol. The SMILES string of the molecule is CN(CC(=O)O)C(=O)CN1CCN(c2ccccn2)CC1. The number of piperazine rings is 1. The molecule has 0 radical (unpaired) electrons. The molecule has 21 heavy (non-hydrogen) atoms. The van der Waals surface area contributed by atoms with Crippen molar-refractivity contribution in [3.8, 4) is 0 Å². The number of hydrogen-bond acceptors (Lipinski definition) is 5. The molecule has 0 saturated carbocycles. The third-order valence-electron chi connectivity index (χ3n) is 3.50. The number of nitrogens with zero attached hydrogens (tertiary/aromatic N) is 4. The monoisotopic (exact) mass is 292 g/mol. The van der Waals surface area contributed by atoms with Crippen molar-refractivity contribution in [3.63, 3.8) is 0 Å². The number of carbonyl (C=O) groups is 2. The number of carboxylic acid groups (broad SMARTS) is 1. The zero-order valence-corrected chi connectivity index (χ0v) is 12.1. The summed E-state index contributed by atoms with van der Waals surface area (Å²) in [6.07, 6.45) is 1.77. The number of anilines is 1. The predicted octanol–water partition coefficient (Wildman–Crippen LogP) is -0.253. The third-order valence-corrected chi connectivity index (χ3v) is 3.50. The Bertz CT molecular complexity index is 486. The minimum Gasteiger partial charge on any atom is -0.480 e. The molecule has 0 aromatic carbocycles. The molecule has 0 aliphatic carbocycles. The van der Waals surface area contributed by atoms with Crippen molar-refractivity contribution in [3.05, 3.63) is 24.4 Å². The van der Waals surface area contributed by atoms with Gasteiger partial charge in [0.25, 0.3) is 0 Å². The molecule has 0 unspecified atom stereocenters. The van der Waals surface area contributed by atoms with Crippen LogP contribution in [-0.2, 0) is 9.59 Å². The van der Waals surface area contributed by atoms with E-state index in [1.54, 1.807) is 6.20 Å². The van der Waals surface area contributed by atoms with Gasteiger partial charge in [0, 0.05) is 39.4 Å². The number of aliphatic carboxylic acids is 1. The van der Waals surface area contributed by atoms with Gasteiger partial charge in [0.2, 0.25) is 5.91 Å². The van der Waals surface area contributed by atoms with Crippen molar-refractivity contribution in [2.24, 2.45) is 0 Å². The van der Waals surface area contributed by atoms with Crippen LogP contribution in [0.25, 0.3) is 0 Å². The smallest absolute Gasteiger partial charge is 0.323 e. The molecule has 1 aromatic heterocycles. The van der Waals surface area contributed by atoms with Crippen LogP contribution in [-0.4, -0.2) is 78.1 Å². The van der Waals surface area contributed by atoms with Crippen LogP contribution in [0.5, 0.6) is 0 Å². The molecule has 0 spiro atoms. The molecular weight excluding hydrogens is 272 g/mol. The number of carboxylic acids is 1. The Labute approximate surface area is 123 Å². The highest BCUT2D eigenvalue weighted by Gasteiger charge is 2.21. The maximum absolute atomic E-state index is 11.9. The van der Waals surface area contributed by atoms with Crippen LogP contribution in [0.4, 0.5) is 5.82 Å². The van der Waals surface area contributed by atoms with E-state index in [0.717, 1.165) is 32.0 Å². The molecule has 2 heterocycles. The van der Waals surface area contributed by atoms with E-state index in [-0.39, 0.29) is 19.0 Å². The Morgan fingerprint density at radius 1 is 1.29 bits per heavy atom. The Kier molecular flexibility index (Phi) is 5.10. The summed E-state index contributed by atoms with van der Waals surface area (Å²) in [4.78, 5) is 32.3. The van der Waals surface area contributed by atoms with E-state index >= 15 is 0 Å². The second kappa shape index (κ2) is 7.03. The van der Waals surface area contributed by atoms with Crippen LogP contribution >= 0.6 is 0 Å². The lowest BCUT2D eigenvalue weighted by Gasteiger charge is -2.35. The normalized spacial score (nSPS) is 15.8. The Balaban J connectivity index is 1.79. The van der Waals surface area contributed by atoms with E-state index < -0.39 is 5.97 Å². The lowest BCUT2D eigenvalue weighted by atomic mass is 10.3. The van der Waals surface area contributed by atoms with Crippen molar-refractivity contribution >= 4 is 17.7 Å². The molecule has 1 N–H and O–H groups in total. The van der Waals surface area contributed by atoms with E-state index in [1.807, 2.05) is 23.1 Å². The Morgan fingerprint density at radius 3 is 2.57 bits per heavy atom. The molecule has 1 saturated heterocycles. The van der Waals surface area contributed by atoms with Gasteiger partial charge in [-0.05, 0) is 12.1 Å². The van der Waals surface area contributed by atoms with Gasteiger partial charge in [0.15, 0.2) is 0 Å². The van der Waals surface area contributed by atoms with Gasteiger partial charge in [0.05, 0.1) is 6.54 Å². The van der Waals surface area contributed by atoms with E-state index in [9.17, 15) is 9.59 Å². The molecule has 1 amide bonds. The van der Waals surface area contributed by atoms with Gasteiger partial charge in [-0.1, -0.05) is 6.07 Å². The quantitative estimate of drug-likeness (QED) is 0.806. The summed E-state index contributed by atoms with van der Waals surface area (Å²) in [6.45, 7) is 3.17. The van der Waals surface area contributed by atoms with Crippen molar-refractivity contribution in [1.29, 1.82) is 0 Å². The number of carbonyl (C=O) groups excluding carboxylic acids is 1. The molecular formula is C14H20N4O3. The van der Waals surface area contributed by atoms with Gasteiger partial charge in [0.1, 0.15) is 12.4 Å². The van der Waals surface area contributed by atoms with E-state index in [0.29, 0.717) is 0 Å². The van der Waals surface area contributed by atoms with E-state index in [1.165, 1.54) is 11.9 Å². The van der Waals surface area contributed by atoms with Gasteiger partial charge >= 0.3 is 5.97 Å². The molecule has 1 fully saturated rings. The van der Waals surface area contributed by atoms with E-state index in [2.05, 4.69) is 9.88 Å². The van der Waals surface area contributed by atoms with Crippen molar-refractivity contribution < 1.29 is 14.7 Å². The minimum absolute atomic E-state index is 0.163. The number of rotatable bonds is 5. The van der Waals surface area contributed by atoms with Crippen LogP contribution in [0, 0.1) is 0 Å². The zero-order chi connectivity index (χ0) is 15.2. The zero-order valence-electron chi connectivity index (χ0n) is 12.1. The molecule has 1 aliphatic heterocycles.